The van der Waals surface area contributed by atoms with Crippen molar-refractivity contribution in [1.29, 1.82) is 0 Å². The van der Waals surface area contributed by atoms with Gasteiger partial charge in [-0.25, -0.2) is 0 Å². The number of carbonyl (C=O) groups is 1. The number of nitrogens with one attached hydrogen (secondary N) is 2. The largest absolute Gasteiger partial charge is 0.383 e. The molecule has 0 radical (unpaired) electrons. The number of methoxy groups -OCH3 is 1. The highest BCUT2D eigenvalue weighted by Crippen LogP contribution is 2.13. The van der Waals surface area contributed by atoms with Gasteiger partial charge in [-0.3, -0.25) is 4.79 Å². The summed E-state index contributed by atoms with van der Waals surface area (Å²) in [6, 6.07) is 5.72. The Labute approximate surface area is 134 Å². The molecule has 1 aromatic carbocycles. The fraction of sp³-hybridized carbons (Fsp3) is 0.462. The van der Waals surface area contributed by atoms with E-state index in [9.17, 15) is 4.79 Å². The quantitative estimate of drug-likeness (QED) is 0.545. The molecule has 0 saturated heterocycles. The molecule has 0 atom stereocenters. The Hall–Kier alpha value is -0.370. The molecule has 1 rings (SSSR count). The topological polar surface area (TPSA) is 50.4 Å². The summed E-state index contributed by atoms with van der Waals surface area (Å²) in [6.07, 6.45) is 0. The molecule has 6 heteroatoms. The van der Waals surface area contributed by atoms with Crippen LogP contribution in [0.1, 0.15) is 15.9 Å². The van der Waals surface area contributed by atoms with Crippen molar-refractivity contribution in [1.82, 2.24) is 10.6 Å². The molecule has 2 N–H and O–H groups in total. The van der Waals surface area contributed by atoms with Crippen molar-refractivity contribution in [2.75, 3.05) is 33.4 Å². The average Bonchev–Trinajstić information content (AvgIpc) is 2.36. The van der Waals surface area contributed by atoms with Crippen molar-refractivity contribution in [3.8, 4) is 0 Å². The molecule has 0 aliphatic carbocycles. The number of aryl methyl sites for hydroxylation is 1. The second-order valence-electron chi connectivity index (χ2n) is 3.96. The van der Waals surface area contributed by atoms with E-state index in [-0.39, 0.29) is 18.3 Å². The lowest BCUT2D eigenvalue weighted by Crippen LogP contribution is -2.33. The summed E-state index contributed by atoms with van der Waals surface area (Å²) < 4.78 is 6.02. The first kappa shape index (κ1) is 18.6. The molecule has 0 heterocycles. The van der Waals surface area contributed by atoms with Gasteiger partial charge in [-0.2, -0.15) is 0 Å². The van der Waals surface area contributed by atoms with E-state index in [2.05, 4.69) is 33.2 Å². The molecule has 0 spiro atoms. The van der Waals surface area contributed by atoms with Crippen molar-refractivity contribution in [3.63, 3.8) is 0 Å². The molecule has 19 heavy (non-hydrogen) atoms. The highest BCUT2D eigenvalue weighted by molar-refractivity contribution is 14.1. The number of benzene rings is 1. The second-order valence-corrected chi connectivity index (χ2v) is 5.12. The van der Waals surface area contributed by atoms with Gasteiger partial charge in [-0.1, -0.05) is 6.07 Å². The van der Waals surface area contributed by atoms with Crippen LogP contribution in [-0.2, 0) is 4.74 Å². The van der Waals surface area contributed by atoms with Gasteiger partial charge in [0.15, 0.2) is 0 Å². The first-order valence-electron chi connectivity index (χ1n) is 5.89. The summed E-state index contributed by atoms with van der Waals surface area (Å²) in [4.78, 5) is 11.8. The van der Waals surface area contributed by atoms with Crippen molar-refractivity contribution >= 4 is 40.9 Å². The van der Waals surface area contributed by atoms with E-state index < -0.39 is 0 Å². The summed E-state index contributed by atoms with van der Waals surface area (Å²) in [5.74, 6) is -0.0264. The monoisotopic (exact) mass is 398 g/mol. The highest BCUT2D eigenvalue weighted by atomic mass is 127. The zero-order valence-electron chi connectivity index (χ0n) is 11.2. The Bertz CT molecular complexity index is 402. The number of ether oxygens (including phenoxy) is 1. The number of rotatable bonds is 7. The van der Waals surface area contributed by atoms with Crippen LogP contribution in [0.3, 0.4) is 0 Å². The van der Waals surface area contributed by atoms with Crippen molar-refractivity contribution in [2.24, 2.45) is 0 Å². The summed E-state index contributed by atoms with van der Waals surface area (Å²) in [7, 11) is 1.67. The highest BCUT2D eigenvalue weighted by Gasteiger charge is 2.05. The molecular weight excluding hydrogens is 379 g/mol. The lowest BCUT2D eigenvalue weighted by Gasteiger charge is -2.07. The van der Waals surface area contributed by atoms with Crippen LogP contribution in [0.25, 0.3) is 0 Å². The number of halogens is 2. The molecule has 1 aromatic rings. The molecule has 0 saturated carbocycles. The molecule has 0 bridgehead atoms. The van der Waals surface area contributed by atoms with E-state index in [1.54, 1.807) is 7.11 Å². The van der Waals surface area contributed by atoms with Crippen LogP contribution in [0, 0.1) is 10.5 Å². The van der Waals surface area contributed by atoms with E-state index in [0.29, 0.717) is 18.7 Å². The van der Waals surface area contributed by atoms with Gasteiger partial charge in [0.05, 0.1) is 6.61 Å². The van der Waals surface area contributed by atoms with E-state index in [1.165, 1.54) is 5.56 Å². The Balaban J connectivity index is 0.00000324. The van der Waals surface area contributed by atoms with Crippen LogP contribution >= 0.6 is 35.0 Å². The molecule has 0 aromatic heterocycles. The fourth-order valence-corrected chi connectivity index (χ4v) is 1.92. The predicted molar refractivity (Wildman–Crippen MR) is 88.2 cm³/mol. The third kappa shape index (κ3) is 7.10. The van der Waals surface area contributed by atoms with E-state index >= 15 is 0 Å². The Morgan fingerprint density at radius 3 is 2.68 bits per heavy atom. The van der Waals surface area contributed by atoms with Crippen LogP contribution in [0.5, 0.6) is 0 Å². The lowest BCUT2D eigenvalue weighted by molar-refractivity contribution is 0.0953. The number of hydrogen-bond acceptors (Lipinski definition) is 3. The first-order chi connectivity index (χ1) is 8.65. The first-order valence-corrected chi connectivity index (χ1v) is 6.97. The van der Waals surface area contributed by atoms with E-state index in [4.69, 9.17) is 4.74 Å². The van der Waals surface area contributed by atoms with Gasteiger partial charge in [0, 0.05) is 35.9 Å². The van der Waals surface area contributed by atoms with Crippen LogP contribution in [0.15, 0.2) is 18.2 Å². The molecule has 1 amide bonds. The summed E-state index contributed by atoms with van der Waals surface area (Å²) >= 11 is 2.24. The third-order valence-corrected chi connectivity index (χ3v) is 3.67. The smallest absolute Gasteiger partial charge is 0.251 e. The number of amides is 1. The fourth-order valence-electron chi connectivity index (χ4n) is 1.40. The molecule has 0 aliphatic rings. The minimum absolute atomic E-state index is 0. The molecule has 0 aliphatic heterocycles. The Morgan fingerprint density at radius 1 is 1.32 bits per heavy atom. The molecule has 4 nitrogen and oxygen atoms in total. The van der Waals surface area contributed by atoms with Gasteiger partial charge in [0.25, 0.3) is 5.91 Å². The second kappa shape index (κ2) is 10.4. The van der Waals surface area contributed by atoms with Gasteiger partial charge in [-0.15, -0.1) is 12.4 Å². The molecule has 0 unspecified atom stereocenters. The predicted octanol–water partition coefficient (Wildman–Crippen LogP) is 1.99. The van der Waals surface area contributed by atoms with Crippen LogP contribution in [0.2, 0.25) is 0 Å². The number of hydrogen-bond donors (Lipinski definition) is 2. The van der Waals surface area contributed by atoms with E-state index in [1.807, 2.05) is 25.1 Å². The standard InChI is InChI=1S/C13H19IN2O2.ClH/c1-10-3-4-11(9-12(10)14)13(17)16-6-5-15-7-8-18-2;/h3-4,9,15H,5-8H2,1-2H3,(H,16,17);1H. The third-order valence-electron chi connectivity index (χ3n) is 2.50. The zero-order valence-corrected chi connectivity index (χ0v) is 14.1. The van der Waals surface area contributed by atoms with Gasteiger partial charge in [0.2, 0.25) is 0 Å². The Morgan fingerprint density at radius 2 is 2.05 bits per heavy atom. The van der Waals surface area contributed by atoms with Gasteiger partial charge in [-0.05, 0) is 47.2 Å². The van der Waals surface area contributed by atoms with Gasteiger partial charge >= 0.3 is 0 Å². The van der Waals surface area contributed by atoms with Crippen LogP contribution in [-0.4, -0.2) is 39.3 Å². The summed E-state index contributed by atoms with van der Waals surface area (Å²) in [6.45, 7) is 4.88. The normalized spacial score (nSPS) is 9.84. The zero-order chi connectivity index (χ0) is 13.4. The van der Waals surface area contributed by atoms with Crippen LogP contribution in [0.4, 0.5) is 0 Å². The number of carbonyl (C=O) groups excluding carboxylic acids is 1. The maximum atomic E-state index is 11.8. The average molecular weight is 399 g/mol. The minimum Gasteiger partial charge on any atom is -0.383 e. The van der Waals surface area contributed by atoms with E-state index in [0.717, 1.165) is 16.7 Å². The summed E-state index contributed by atoms with van der Waals surface area (Å²) in [5, 5.41) is 6.05. The van der Waals surface area contributed by atoms with Crippen molar-refractivity contribution in [2.45, 2.75) is 6.92 Å². The SMILES string of the molecule is COCCNCCNC(=O)c1ccc(C)c(I)c1.Cl. The van der Waals surface area contributed by atoms with Gasteiger partial charge < -0.3 is 15.4 Å². The Kier molecular flexibility index (Phi) is 10.2. The van der Waals surface area contributed by atoms with Crippen LogP contribution < -0.4 is 10.6 Å². The lowest BCUT2D eigenvalue weighted by atomic mass is 10.1. The van der Waals surface area contributed by atoms with Crippen molar-refractivity contribution in [3.05, 3.63) is 32.9 Å². The maximum Gasteiger partial charge on any atom is 0.251 e. The molecule has 108 valence electrons. The minimum atomic E-state index is -0.0264. The van der Waals surface area contributed by atoms with Crippen molar-refractivity contribution < 1.29 is 9.53 Å². The maximum absolute atomic E-state index is 11.8. The van der Waals surface area contributed by atoms with Gasteiger partial charge in [0.1, 0.15) is 0 Å². The molecule has 0 fully saturated rings. The molecular formula is C13H20ClIN2O2. The summed E-state index contributed by atoms with van der Waals surface area (Å²) in [5.41, 5.74) is 1.90.